The molecule has 1 unspecified atom stereocenters. The Labute approximate surface area is 145 Å². The Balaban J connectivity index is 2.11. The Morgan fingerprint density at radius 2 is 1.92 bits per heavy atom. The van der Waals surface area contributed by atoms with Crippen LogP contribution in [-0.2, 0) is 11.2 Å². The summed E-state index contributed by atoms with van der Waals surface area (Å²) in [6.07, 6.45) is 0.761. The van der Waals surface area contributed by atoms with Gasteiger partial charge in [0.15, 0.2) is 11.6 Å². The van der Waals surface area contributed by atoms with Gasteiger partial charge in [0.25, 0.3) is 5.91 Å². The van der Waals surface area contributed by atoms with Gasteiger partial charge in [-0.15, -0.1) is 0 Å². The maximum atomic E-state index is 13.5. The number of methoxy groups -OCH3 is 1. The van der Waals surface area contributed by atoms with Gasteiger partial charge in [-0.25, -0.2) is 4.39 Å². The van der Waals surface area contributed by atoms with Crippen molar-refractivity contribution >= 4 is 11.9 Å². The SMILES string of the molecule is COc1cc(C(=O)NC(CCC(=O)O)Cc2ccccc2)ccc1F. The lowest BCUT2D eigenvalue weighted by Gasteiger charge is -2.18. The quantitative estimate of drug-likeness (QED) is 0.771. The first kappa shape index (κ1) is 18.4. The molecule has 1 atom stereocenters. The normalized spacial score (nSPS) is 11.6. The van der Waals surface area contributed by atoms with Crippen LogP contribution in [0.5, 0.6) is 5.75 Å². The summed E-state index contributed by atoms with van der Waals surface area (Å²) < 4.78 is 18.4. The molecule has 0 aliphatic carbocycles. The first-order chi connectivity index (χ1) is 12.0. The van der Waals surface area contributed by atoms with Gasteiger partial charge in [-0.3, -0.25) is 9.59 Å². The van der Waals surface area contributed by atoms with Crippen molar-refractivity contribution in [3.05, 3.63) is 65.5 Å². The zero-order chi connectivity index (χ0) is 18.2. The summed E-state index contributed by atoms with van der Waals surface area (Å²) in [6.45, 7) is 0. The van der Waals surface area contributed by atoms with Gasteiger partial charge in [0, 0.05) is 18.0 Å². The molecule has 0 aromatic heterocycles. The smallest absolute Gasteiger partial charge is 0.303 e. The second-order valence-electron chi connectivity index (χ2n) is 5.64. The van der Waals surface area contributed by atoms with Crippen molar-refractivity contribution in [1.29, 1.82) is 0 Å². The maximum absolute atomic E-state index is 13.5. The van der Waals surface area contributed by atoms with E-state index in [1.54, 1.807) is 0 Å². The van der Waals surface area contributed by atoms with Crippen molar-refractivity contribution in [3.63, 3.8) is 0 Å². The van der Waals surface area contributed by atoms with Crippen LogP contribution in [0.25, 0.3) is 0 Å². The predicted octanol–water partition coefficient (Wildman–Crippen LogP) is 3.04. The lowest BCUT2D eigenvalue weighted by atomic mass is 10.0. The van der Waals surface area contributed by atoms with Crippen LogP contribution in [0.2, 0.25) is 0 Å². The van der Waals surface area contributed by atoms with Gasteiger partial charge in [-0.05, 0) is 36.6 Å². The fourth-order valence-corrected chi connectivity index (χ4v) is 2.49. The number of hydrogen-bond donors (Lipinski definition) is 2. The lowest BCUT2D eigenvalue weighted by molar-refractivity contribution is -0.137. The Morgan fingerprint density at radius 1 is 1.20 bits per heavy atom. The fourth-order valence-electron chi connectivity index (χ4n) is 2.49. The highest BCUT2D eigenvalue weighted by Gasteiger charge is 2.17. The first-order valence-corrected chi connectivity index (χ1v) is 7.89. The summed E-state index contributed by atoms with van der Waals surface area (Å²) in [5, 5.41) is 11.7. The molecule has 0 heterocycles. The minimum Gasteiger partial charge on any atom is -0.494 e. The number of carboxylic acid groups (broad SMARTS) is 1. The molecule has 0 aliphatic heterocycles. The molecule has 0 radical (unpaired) electrons. The number of aliphatic carboxylic acids is 1. The summed E-state index contributed by atoms with van der Waals surface area (Å²) in [6, 6.07) is 13.0. The zero-order valence-electron chi connectivity index (χ0n) is 13.9. The average molecular weight is 345 g/mol. The molecule has 0 aliphatic rings. The summed E-state index contributed by atoms with van der Waals surface area (Å²) in [7, 11) is 1.32. The Bertz CT molecular complexity index is 733. The van der Waals surface area contributed by atoms with Crippen molar-refractivity contribution in [2.75, 3.05) is 7.11 Å². The second kappa shape index (κ2) is 8.82. The largest absolute Gasteiger partial charge is 0.494 e. The van der Waals surface area contributed by atoms with Crippen LogP contribution >= 0.6 is 0 Å². The molecule has 5 nitrogen and oxygen atoms in total. The standard InChI is InChI=1S/C19H20FNO4/c1-25-17-12-14(7-9-16(17)20)19(24)21-15(8-10-18(22)23)11-13-5-3-2-4-6-13/h2-7,9,12,15H,8,10-11H2,1H3,(H,21,24)(H,22,23). The molecule has 2 aromatic rings. The van der Waals surface area contributed by atoms with Crippen molar-refractivity contribution in [1.82, 2.24) is 5.32 Å². The van der Waals surface area contributed by atoms with E-state index in [1.165, 1.54) is 19.2 Å². The molecule has 0 bridgehead atoms. The van der Waals surface area contributed by atoms with Crippen LogP contribution in [0.15, 0.2) is 48.5 Å². The highest BCUT2D eigenvalue weighted by atomic mass is 19.1. The molecule has 2 rings (SSSR count). The number of carbonyl (C=O) groups excluding carboxylic acids is 1. The molecule has 0 spiro atoms. The van der Waals surface area contributed by atoms with Gasteiger partial charge < -0.3 is 15.2 Å². The summed E-state index contributed by atoms with van der Waals surface area (Å²) in [5.74, 6) is -1.89. The molecule has 0 saturated carbocycles. The highest BCUT2D eigenvalue weighted by molar-refractivity contribution is 5.94. The third kappa shape index (κ3) is 5.60. The lowest BCUT2D eigenvalue weighted by Crippen LogP contribution is -2.37. The molecule has 0 saturated heterocycles. The third-order valence-electron chi connectivity index (χ3n) is 3.78. The van der Waals surface area contributed by atoms with E-state index in [9.17, 15) is 14.0 Å². The van der Waals surface area contributed by atoms with E-state index in [1.807, 2.05) is 30.3 Å². The molecule has 2 aromatic carbocycles. The van der Waals surface area contributed by atoms with Gasteiger partial charge in [-0.2, -0.15) is 0 Å². The molecule has 1 amide bonds. The van der Waals surface area contributed by atoms with Gasteiger partial charge in [0.05, 0.1) is 7.11 Å². The number of nitrogens with one attached hydrogen (secondary N) is 1. The predicted molar refractivity (Wildman–Crippen MR) is 91.2 cm³/mol. The Kier molecular flexibility index (Phi) is 6.51. The van der Waals surface area contributed by atoms with Crippen molar-refractivity contribution < 1.29 is 23.8 Å². The van der Waals surface area contributed by atoms with Gasteiger partial charge in [0.2, 0.25) is 0 Å². The number of carboxylic acids is 1. The molecular weight excluding hydrogens is 325 g/mol. The molecule has 132 valence electrons. The van der Waals surface area contributed by atoms with Crippen molar-refractivity contribution in [2.24, 2.45) is 0 Å². The number of rotatable bonds is 8. The van der Waals surface area contributed by atoms with Crippen molar-refractivity contribution in [3.8, 4) is 5.75 Å². The van der Waals surface area contributed by atoms with Gasteiger partial charge >= 0.3 is 5.97 Å². The van der Waals surface area contributed by atoms with E-state index in [4.69, 9.17) is 9.84 Å². The van der Waals surface area contributed by atoms with Gasteiger partial charge in [0.1, 0.15) is 0 Å². The number of hydrogen-bond acceptors (Lipinski definition) is 3. The number of carbonyl (C=O) groups is 2. The monoisotopic (exact) mass is 345 g/mol. The molecular formula is C19H20FNO4. The number of benzene rings is 2. The van der Waals surface area contributed by atoms with E-state index in [0.29, 0.717) is 12.8 Å². The van der Waals surface area contributed by atoms with Crippen LogP contribution in [-0.4, -0.2) is 30.1 Å². The number of halogens is 1. The van der Waals surface area contributed by atoms with Crippen molar-refractivity contribution in [2.45, 2.75) is 25.3 Å². The first-order valence-electron chi connectivity index (χ1n) is 7.89. The fraction of sp³-hybridized carbons (Fsp3) is 0.263. The van der Waals surface area contributed by atoms with Crippen LogP contribution in [0.3, 0.4) is 0 Å². The van der Waals surface area contributed by atoms with E-state index in [2.05, 4.69) is 5.32 Å². The summed E-state index contributed by atoms with van der Waals surface area (Å²) in [5.41, 5.74) is 1.25. The second-order valence-corrected chi connectivity index (χ2v) is 5.64. The zero-order valence-corrected chi connectivity index (χ0v) is 13.9. The molecule has 0 fully saturated rings. The maximum Gasteiger partial charge on any atom is 0.303 e. The van der Waals surface area contributed by atoms with E-state index in [-0.39, 0.29) is 23.8 Å². The summed E-state index contributed by atoms with van der Waals surface area (Å²) >= 11 is 0. The topological polar surface area (TPSA) is 75.6 Å². The Hall–Kier alpha value is -2.89. The van der Waals surface area contributed by atoms with Crippen LogP contribution in [0.1, 0.15) is 28.8 Å². The minimum atomic E-state index is -0.921. The highest BCUT2D eigenvalue weighted by Crippen LogP contribution is 2.18. The van der Waals surface area contributed by atoms with Gasteiger partial charge in [-0.1, -0.05) is 30.3 Å². The van der Waals surface area contributed by atoms with E-state index in [0.717, 1.165) is 11.6 Å². The van der Waals surface area contributed by atoms with Crippen LogP contribution in [0.4, 0.5) is 4.39 Å². The Morgan fingerprint density at radius 3 is 2.56 bits per heavy atom. The average Bonchev–Trinajstić information content (AvgIpc) is 2.60. The number of amides is 1. The van der Waals surface area contributed by atoms with E-state index < -0.39 is 17.7 Å². The number of ether oxygens (including phenoxy) is 1. The summed E-state index contributed by atoms with van der Waals surface area (Å²) in [4.78, 5) is 23.3. The molecule has 2 N–H and O–H groups in total. The molecule has 6 heteroatoms. The van der Waals surface area contributed by atoms with Crippen LogP contribution < -0.4 is 10.1 Å². The van der Waals surface area contributed by atoms with Crippen LogP contribution in [0, 0.1) is 5.82 Å². The van der Waals surface area contributed by atoms with E-state index >= 15 is 0 Å². The third-order valence-corrected chi connectivity index (χ3v) is 3.78. The minimum absolute atomic E-state index is 0.0159. The molecule has 25 heavy (non-hydrogen) atoms.